The van der Waals surface area contributed by atoms with Crippen LogP contribution in [0.25, 0.3) is 11.3 Å². The normalized spacial score (nSPS) is 23.9. The first-order valence-corrected chi connectivity index (χ1v) is 9.85. The number of nitrogens with zero attached hydrogens (tertiary/aromatic N) is 3. The van der Waals surface area contributed by atoms with E-state index in [1.807, 2.05) is 12.3 Å². The molecule has 5 nitrogen and oxygen atoms in total. The van der Waals surface area contributed by atoms with E-state index in [1.165, 1.54) is 11.1 Å². The maximum Gasteiger partial charge on any atom is 0.222 e. The number of carbonyl (C=O) groups excluding carboxylic acids is 1. The lowest BCUT2D eigenvalue weighted by Crippen LogP contribution is -2.55. The molecule has 3 heterocycles. The van der Waals surface area contributed by atoms with E-state index in [4.69, 9.17) is 0 Å². The van der Waals surface area contributed by atoms with E-state index in [-0.39, 0.29) is 0 Å². The van der Waals surface area contributed by atoms with Crippen molar-refractivity contribution in [3.05, 3.63) is 42.1 Å². The summed E-state index contributed by atoms with van der Waals surface area (Å²) in [5.41, 5.74) is 3.57. The third-order valence-corrected chi connectivity index (χ3v) is 5.87. The molecule has 0 radical (unpaired) electrons. The molecule has 1 N–H and O–H groups in total. The van der Waals surface area contributed by atoms with Crippen molar-refractivity contribution in [3.8, 4) is 11.3 Å². The van der Waals surface area contributed by atoms with E-state index >= 15 is 0 Å². The maximum absolute atomic E-state index is 12.3. The second-order valence-electron chi connectivity index (χ2n) is 7.61. The van der Waals surface area contributed by atoms with Crippen molar-refractivity contribution in [1.29, 1.82) is 0 Å². The molecule has 1 aromatic carbocycles. The molecule has 0 bridgehead atoms. The van der Waals surface area contributed by atoms with Crippen LogP contribution in [0.15, 0.2) is 36.5 Å². The Morgan fingerprint density at radius 2 is 2.08 bits per heavy atom. The van der Waals surface area contributed by atoms with Gasteiger partial charge in [0.05, 0.1) is 11.9 Å². The summed E-state index contributed by atoms with van der Waals surface area (Å²) in [7, 11) is 0. The summed E-state index contributed by atoms with van der Waals surface area (Å²) in [5, 5.41) is 7.46. The number of likely N-dealkylation sites (tertiary alicyclic amines) is 2. The molecule has 26 heavy (non-hydrogen) atoms. The Kier molecular flexibility index (Phi) is 5.07. The lowest BCUT2D eigenvalue weighted by molar-refractivity contribution is -0.141. The zero-order valence-corrected chi connectivity index (χ0v) is 15.5. The second-order valence-corrected chi connectivity index (χ2v) is 7.61. The Morgan fingerprint density at radius 3 is 2.88 bits per heavy atom. The topological polar surface area (TPSA) is 52.2 Å². The van der Waals surface area contributed by atoms with Gasteiger partial charge in [-0.1, -0.05) is 37.3 Å². The Hall–Kier alpha value is -2.14. The zero-order valence-electron chi connectivity index (χ0n) is 15.5. The summed E-state index contributed by atoms with van der Waals surface area (Å²) < 4.78 is 0. The van der Waals surface area contributed by atoms with Gasteiger partial charge in [-0.3, -0.25) is 14.8 Å². The smallest absolute Gasteiger partial charge is 0.222 e. The quantitative estimate of drug-likeness (QED) is 0.898. The molecule has 5 heteroatoms. The number of rotatable bonds is 5. The van der Waals surface area contributed by atoms with Crippen LogP contribution in [-0.4, -0.2) is 51.6 Å². The number of fused-ring (bicyclic) bond motifs is 1. The van der Waals surface area contributed by atoms with Crippen molar-refractivity contribution < 1.29 is 4.79 Å². The summed E-state index contributed by atoms with van der Waals surface area (Å²) in [6, 6.07) is 10.9. The number of nitrogens with one attached hydrogen (secondary N) is 1. The van der Waals surface area contributed by atoms with E-state index in [2.05, 4.69) is 51.2 Å². The van der Waals surface area contributed by atoms with Crippen LogP contribution in [0.3, 0.4) is 0 Å². The van der Waals surface area contributed by atoms with Crippen molar-refractivity contribution in [3.63, 3.8) is 0 Å². The molecule has 2 saturated heterocycles. The molecule has 2 fully saturated rings. The first kappa shape index (κ1) is 17.3. The summed E-state index contributed by atoms with van der Waals surface area (Å²) in [4.78, 5) is 17.0. The van der Waals surface area contributed by atoms with Gasteiger partial charge in [-0.05, 0) is 30.7 Å². The number of hydrogen-bond acceptors (Lipinski definition) is 3. The summed E-state index contributed by atoms with van der Waals surface area (Å²) in [6.07, 6.45) is 5.86. The van der Waals surface area contributed by atoms with E-state index < -0.39 is 0 Å². The van der Waals surface area contributed by atoms with Crippen LogP contribution < -0.4 is 0 Å². The third-order valence-electron chi connectivity index (χ3n) is 5.87. The molecule has 2 aromatic rings. The van der Waals surface area contributed by atoms with Gasteiger partial charge in [0.25, 0.3) is 0 Å². The zero-order chi connectivity index (χ0) is 17.9. The van der Waals surface area contributed by atoms with Crippen molar-refractivity contribution in [1.82, 2.24) is 20.0 Å². The molecule has 2 atom stereocenters. The average molecular weight is 352 g/mol. The van der Waals surface area contributed by atoms with Crippen LogP contribution in [0, 0.1) is 5.92 Å². The molecule has 1 amide bonds. The standard InChI is InChI=1S/C21H28N4O/c1-2-11-25-19-10-12-24(14-17(19)8-9-20(25)26)15-18-13-22-23-21(18)16-6-4-3-5-7-16/h3-7,13,17,19H,2,8-12,14-15H2,1H3,(H,22,23)/t17-,19+/m0/s1. The molecule has 4 rings (SSSR count). The summed E-state index contributed by atoms with van der Waals surface area (Å²) in [5.74, 6) is 0.975. The molecular formula is C21H28N4O. The molecule has 0 saturated carbocycles. The molecule has 0 aliphatic carbocycles. The highest BCUT2D eigenvalue weighted by Gasteiger charge is 2.38. The highest BCUT2D eigenvalue weighted by atomic mass is 16.2. The van der Waals surface area contributed by atoms with Crippen LogP contribution in [0.1, 0.15) is 38.2 Å². The Labute approximate surface area is 155 Å². The van der Waals surface area contributed by atoms with Crippen LogP contribution in [0.2, 0.25) is 0 Å². The number of carbonyl (C=O) groups is 1. The van der Waals surface area contributed by atoms with Crippen LogP contribution >= 0.6 is 0 Å². The predicted molar refractivity (Wildman–Crippen MR) is 102 cm³/mol. The third kappa shape index (κ3) is 3.40. The van der Waals surface area contributed by atoms with E-state index in [9.17, 15) is 4.79 Å². The van der Waals surface area contributed by atoms with Gasteiger partial charge in [-0.25, -0.2) is 0 Å². The Morgan fingerprint density at radius 1 is 1.23 bits per heavy atom. The van der Waals surface area contributed by atoms with Gasteiger partial charge in [0.1, 0.15) is 0 Å². The molecular weight excluding hydrogens is 324 g/mol. The molecule has 2 aliphatic rings. The number of H-pyrrole nitrogens is 1. The van der Waals surface area contributed by atoms with Gasteiger partial charge < -0.3 is 4.90 Å². The fourth-order valence-corrected chi connectivity index (χ4v) is 4.63. The maximum atomic E-state index is 12.3. The fourth-order valence-electron chi connectivity index (χ4n) is 4.63. The van der Waals surface area contributed by atoms with Crippen LogP contribution in [0.5, 0.6) is 0 Å². The van der Waals surface area contributed by atoms with Crippen LogP contribution in [0.4, 0.5) is 0 Å². The number of aromatic nitrogens is 2. The van der Waals surface area contributed by atoms with Gasteiger partial charge in [0.15, 0.2) is 0 Å². The largest absolute Gasteiger partial charge is 0.339 e. The lowest BCUT2D eigenvalue weighted by atomic mass is 9.83. The number of benzene rings is 1. The minimum absolute atomic E-state index is 0.364. The Balaban J connectivity index is 1.44. The minimum Gasteiger partial charge on any atom is -0.339 e. The van der Waals surface area contributed by atoms with Crippen molar-refractivity contribution >= 4 is 5.91 Å². The number of piperidine rings is 2. The van der Waals surface area contributed by atoms with E-state index in [0.717, 1.165) is 57.6 Å². The fraction of sp³-hybridized carbons (Fsp3) is 0.524. The van der Waals surface area contributed by atoms with Gasteiger partial charge >= 0.3 is 0 Å². The average Bonchev–Trinajstić information content (AvgIpc) is 3.13. The number of hydrogen-bond donors (Lipinski definition) is 1. The van der Waals surface area contributed by atoms with E-state index in [0.29, 0.717) is 17.9 Å². The molecule has 1 aromatic heterocycles. The van der Waals surface area contributed by atoms with Crippen molar-refractivity contribution in [2.24, 2.45) is 5.92 Å². The molecule has 0 spiro atoms. The predicted octanol–water partition coefficient (Wildman–Crippen LogP) is 3.30. The summed E-state index contributed by atoms with van der Waals surface area (Å²) in [6.45, 7) is 6.13. The van der Waals surface area contributed by atoms with Gasteiger partial charge in [-0.2, -0.15) is 5.10 Å². The van der Waals surface area contributed by atoms with Crippen LogP contribution in [-0.2, 0) is 11.3 Å². The first-order valence-electron chi connectivity index (χ1n) is 9.85. The summed E-state index contributed by atoms with van der Waals surface area (Å²) >= 11 is 0. The monoisotopic (exact) mass is 352 g/mol. The molecule has 138 valence electrons. The lowest BCUT2D eigenvalue weighted by Gasteiger charge is -2.47. The molecule has 0 unspecified atom stereocenters. The van der Waals surface area contributed by atoms with Gasteiger partial charge in [0, 0.05) is 44.2 Å². The highest BCUT2D eigenvalue weighted by Crippen LogP contribution is 2.32. The SMILES string of the molecule is CCCN1C(=O)CC[C@H]2CN(Cc3cn[nH]c3-c3ccccc3)CC[C@H]21. The van der Waals surface area contributed by atoms with Gasteiger partial charge in [-0.15, -0.1) is 0 Å². The minimum atomic E-state index is 0.364. The second kappa shape index (κ2) is 7.62. The first-order chi connectivity index (χ1) is 12.8. The number of aromatic amines is 1. The van der Waals surface area contributed by atoms with E-state index in [1.54, 1.807) is 0 Å². The van der Waals surface area contributed by atoms with Gasteiger partial charge in [0.2, 0.25) is 5.91 Å². The Bertz CT molecular complexity index is 741. The van der Waals surface area contributed by atoms with Crippen molar-refractivity contribution in [2.75, 3.05) is 19.6 Å². The van der Waals surface area contributed by atoms with Crippen molar-refractivity contribution in [2.45, 2.75) is 45.2 Å². The molecule has 2 aliphatic heterocycles. The highest BCUT2D eigenvalue weighted by molar-refractivity contribution is 5.77. The number of amides is 1.